The lowest BCUT2D eigenvalue weighted by molar-refractivity contribution is -0.147. The van der Waals surface area contributed by atoms with Crippen molar-refractivity contribution in [1.29, 1.82) is 0 Å². The average molecular weight is 259 g/mol. The van der Waals surface area contributed by atoms with Crippen LogP contribution in [-0.2, 0) is 14.3 Å². The van der Waals surface area contributed by atoms with Crippen molar-refractivity contribution < 1.29 is 24.2 Å². The first-order chi connectivity index (χ1) is 8.17. The van der Waals surface area contributed by atoms with Crippen LogP contribution in [-0.4, -0.2) is 53.5 Å². The first kappa shape index (κ1) is 14.8. The number of nitrogens with zero attached hydrogens (tertiary/aromatic N) is 1. The van der Waals surface area contributed by atoms with E-state index in [4.69, 9.17) is 4.74 Å². The summed E-state index contributed by atoms with van der Waals surface area (Å²) in [5.74, 6) is -1.22. The highest BCUT2D eigenvalue weighted by Gasteiger charge is 2.45. The van der Waals surface area contributed by atoms with Crippen LogP contribution in [0.3, 0.4) is 0 Å². The standard InChI is InChI=1S/C12H21NO5/c1-7-9(14)8(10(15)17-5)6-13(7)11(16)18-12(2,3)4/h7-9,14H,6H2,1-5H3/t7-,8-,9-/m1/s1. The highest BCUT2D eigenvalue weighted by Crippen LogP contribution is 2.26. The molecular weight excluding hydrogens is 238 g/mol. The predicted octanol–water partition coefficient (Wildman–Crippen LogP) is 0.776. The molecular formula is C12H21NO5. The van der Waals surface area contributed by atoms with E-state index in [9.17, 15) is 14.7 Å². The Hall–Kier alpha value is -1.30. The molecule has 0 aromatic carbocycles. The zero-order chi connectivity index (χ0) is 14.1. The number of rotatable bonds is 1. The van der Waals surface area contributed by atoms with E-state index >= 15 is 0 Å². The number of aliphatic hydroxyl groups excluding tert-OH is 1. The molecule has 0 aromatic heterocycles. The molecule has 0 saturated carbocycles. The van der Waals surface area contributed by atoms with Crippen molar-refractivity contribution in [2.45, 2.75) is 45.4 Å². The zero-order valence-corrected chi connectivity index (χ0v) is 11.5. The Kier molecular flexibility index (Phi) is 4.21. The van der Waals surface area contributed by atoms with E-state index in [1.807, 2.05) is 0 Å². The number of esters is 1. The summed E-state index contributed by atoms with van der Waals surface area (Å²) in [5.41, 5.74) is -0.606. The van der Waals surface area contributed by atoms with E-state index in [1.54, 1.807) is 27.7 Å². The van der Waals surface area contributed by atoms with Crippen LogP contribution in [0.25, 0.3) is 0 Å². The Balaban J connectivity index is 2.75. The summed E-state index contributed by atoms with van der Waals surface area (Å²) in [7, 11) is 1.26. The number of hydrogen-bond donors (Lipinski definition) is 1. The summed E-state index contributed by atoms with van der Waals surface area (Å²) in [6.07, 6.45) is -1.45. The van der Waals surface area contributed by atoms with Gasteiger partial charge in [0.15, 0.2) is 0 Å². The lowest BCUT2D eigenvalue weighted by atomic mass is 10.0. The molecule has 0 unspecified atom stereocenters. The van der Waals surface area contributed by atoms with Gasteiger partial charge >= 0.3 is 12.1 Å². The molecule has 3 atom stereocenters. The third-order valence-electron chi connectivity index (χ3n) is 2.92. The zero-order valence-electron chi connectivity index (χ0n) is 11.5. The summed E-state index contributed by atoms with van der Waals surface area (Å²) in [6.45, 7) is 7.08. The van der Waals surface area contributed by atoms with Crippen LogP contribution in [0.1, 0.15) is 27.7 Å². The van der Waals surface area contributed by atoms with E-state index < -0.39 is 35.7 Å². The maximum Gasteiger partial charge on any atom is 0.410 e. The second-order valence-corrected chi connectivity index (χ2v) is 5.49. The number of carbonyl (C=O) groups is 2. The Bertz CT molecular complexity index is 336. The Morgan fingerprint density at radius 1 is 1.33 bits per heavy atom. The van der Waals surface area contributed by atoms with E-state index in [0.29, 0.717) is 0 Å². The minimum Gasteiger partial charge on any atom is -0.469 e. The molecule has 1 amide bonds. The topological polar surface area (TPSA) is 76.1 Å². The van der Waals surface area contributed by atoms with Gasteiger partial charge in [-0.25, -0.2) is 4.79 Å². The number of hydrogen-bond acceptors (Lipinski definition) is 5. The Labute approximate surface area is 107 Å². The molecule has 1 aliphatic rings. The molecule has 104 valence electrons. The molecule has 1 aliphatic heterocycles. The molecule has 1 N–H and O–H groups in total. The van der Waals surface area contributed by atoms with Crippen LogP contribution < -0.4 is 0 Å². The largest absolute Gasteiger partial charge is 0.469 e. The van der Waals surface area contributed by atoms with Crippen molar-refractivity contribution in [2.75, 3.05) is 13.7 Å². The molecule has 0 radical (unpaired) electrons. The second kappa shape index (κ2) is 5.14. The number of ether oxygens (including phenoxy) is 2. The van der Waals surface area contributed by atoms with Crippen molar-refractivity contribution in [2.24, 2.45) is 5.92 Å². The van der Waals surface area contributed by atoms with E-state index in [-0.39, 0.29) is 6.54 Å². The van der Waals surface area contributed by atoms with Crippen molar-refractivity contribution in [3.05, 3.63) is 0 Å². The van der Waals surface area contributed by atoms with Gasteiger partial charge in [0.1, 0.15) is 11.5 Å². The molecule has 0 spiro atoms. The second-order valence-electron chi connectivity index (χ2n) is 5.49. The smallest absolute Gasteiger partial charge is 0.410 e. The fourth-order valence-corrected chi connectivity index (χ4v) is 1.93. The van der Waals surface area contributed by atoms with Crippen LogP contribution in [0, 0.1) is 5.92 Å². The molecule has 6 nitrogen and oxygen atoms in total. The highest BCUT2D eigenvalue weighted by molar-refractivity contribution is 5.77. The SMILES string of the molecule is COC(=O)[C@@H]1CN(C(=O)OC(C)(C)C)[C@H](C)[C@H]1O. The predicted molar refractivity (Wildman–Crippen MR) is 63.9 cm³/mol. The minimum absolute atomic E-state index is 0.115. The molecule has 1 heterocycles. The fraction of sp³-hybridized carbons (Fsp3) is 0.833. The van der Waals surface area contributed by atoms with Gasteiger partial charge < -0.3 is 19.5 Å². The minimum atomic E-state index is -0.926. The normalized spacial score (nSPS) is 28.1. The Morgan fingerprint density at radius 2 is 1.89 bits per heavy atom. The molecule has 0 aliphatic carbocycles. The van der Waals surface area contributed by atoms with Gasteiger partial charge in [0.05, 0.1) is 19.3 Å². The molecule has 1 rings (SSSR count). The highest BCUT2D eigenvalue weighted by atomic mass is 16.6. The van der Waals surface area contributed by atoms with Crippen molar-refractivity contribution in [3.63, 3.8) is 0 Å². The molecule has 6 heteroatoms. The number of likely N-dealkylation sites (tertiary alicyclic amines) is 1. The molecule has 0 aromatic rings. The van der Waals surface area contributed by atoms with Crippen LogP contribution in [0.4, 0.5) is 4.79 Å². The molecule has 0 bridgehead atoms. The van der Waals surface area contributed by atoms with E-state index in [0.717, 1.165) is 0 Å². The first-order valence-corrected chi connectivity index (χ1v) is 5.93. The maximum absolute atomic E-state index is 11.9. The lowest BCUT2D eigenvalue weighted by Crippen LogP contribution is -2.40. The summed E-state index contributed by atoms with van der Waals surface area (Å²) in [4.78, 5) is 24.7. The van der Waals surface area contributed by atoms with Crippen LogP contribution in [0.2, 0.25) is 0 Å². The number of methoxy groups -OCH3 is 1. The van der Waals surface area contributed by atoms with Crippen molar-refractivity contribution in [1.82, 2.24) is 4.90 Å². The monoisotopic (exact) mass is 259 g/mol. The number of carbonyl (C=O) groups excluding carboxylic acids is 2. The molecule has 1 saturated heterocycles. The maximum atomic E-state index is 11.9. The van der Waals surface area contributed by atoms with E-state index in [2.05, 4.69) is 4.74 Å². The van der Waals surface area contributed by atoms with Gasteiger partial charge in [-0.2, -0.15) is 0 Å². The molecule has 18 heavy (non-hydrogen) atoms. The van der Waals surface area contributed by atoms with Crippen LogP contribution in [0.15, 0.2) is 0 Å². The van der Waals surface area contributed by atoms with Crippen molar-refractivity contribution >= 4 is 12.1 Å². The average Bonchev–Trinajstić information content (AvgIpc) is 2.53. The summed E-state index contributed by atoms with van der Waals surface area (Å²) in [5, 5.41) is 9.93. The first-order valence-electron chi connectivity index (χ1n) is 5.93. The third kappa shape index (κ3) is 3.13. The fourth-order valence-electron chi connectivity index (χ4n) is 1.93. The van der Waals surface area contributed by atoms with Gasteiger partial charge in [-0.3, -0.25) is 4.79 Å². The lowest BCUT2D eigenvalue weighted by Gasteiger charge is -2.27. The van der Waals surface area contributed by atoms with Gasteiger partial charge in [-0.15, -0.1) is 0 Å². The van der Waals surface area contributed by atoms with Gasteiger partial charge in [-0.05, 0) is 27.7 Å². The molecule has 1 fully saturated rings. The quantitative estimate of drug-likeness (QED) is 0.704. The van der Waals surface area contributed by atoms with Gasteiger partial charge in [0.2, 0.25) is 0 Å². The van der Waals surface area contributed by atoms with Crippen LogP contribution >= 0.6 is 0 Å². The Morgan fingerprint density at radius 3 is 2.33 bits per heavy atom. The third-order valence-corrected chi connectivity index (χ3v) is 2.92. The summed E-state index contributed by atoms with van der Waals surface area (Å²) in [6, 6.07) is -0.469. The van der Waals surface area contributed by atoms with Crippen molar-refractivity contribution in [3.8, 4) is 0 Å². The van der Waals surface area contributed by atoms with Gasteiger partial charge in [0.25, 0.3) is 0 Å². The van der Waals surface area contributed by atoms with E-state index in [1.165, 1.54) is 12.0 Å². The summed E-state index contributed by atoms with van der Waals surface area (Å²) >= 11 is 0. The van der Waals surface area contributed by atoms with Gasteiger partial charge in [0, 0.05) is 6.54 Å². The number of aliphatic hydroxyl groups is 1. The van der Waals surface area contributed by atoms with Gasteiger partial charge in [-0.1, -0.05) is 0 Å². The number of amides is 1. The summed E-state index contributed by atoms with van der Waals surface area (Å²) < 4.78 is 9.83. The van der Waals surface area contributed by atoms with Crippen LogP contribution in [0.5, 0.6) is 0 Å².